The van der Waals surface area contributed by atoms with Crippen LogP contribution in [0.1, 0.15) is 50.5 Å². The number of benzene rings is 1. The molecule has 0 bridgehead atoms. The minimum Gasteiger partial charge on any atom is -0.393 e. The first-order valence-electron chi connectivity index (χ1n) is 9.73. The fourth-order valence-corrected chi connectivity index (χ4v) is 3.90. The quantitative estimate of drug-likeness (QED) is 0.374. The van der Waals surface area contributed by atoms with Crippen molar-refractivity contribution in [2.75, 3.05) is 5.32 Å². The van der Waals surface area contributed by atoms with Crippen LogP contribution in [-0.4, -0.2) is 38.9 Å². The number of carbonyl (C=O) groups is 3. The number of aliphatic hydroxyl groups is 1. The van der Waals surface area contributed by atoms with E-state index in [1.807, 2.05) is 0 Å². The number of terminal acetylenes is 1. The molecule has 9 heteroatoms. The van der Waals surface area contributed by atoms with Gasteiger partial charge in [0.15, 0.2) is 0 Å². The molecule has 1 aromatic heterocycles. The molecule has 1 aromatic carbocycles. The maximum absolute atomic E-state index is 13.5. The monoisotopic (exact) mass is 436 g/mol. The normalized spacial score (nSPS) is 19.3. The average molecular weight is 436 g/mol. The number of ketones is 1. The van der Waals surface area contributed by atoms with Crippen molar-refractivity contribution in [3.63, 3.8) is 0 Å². The van der Waals surface area contributed by atoms with Crippen molar-refractivity contribution >= 4 is 23.3 Å². The Bertz CT molecular complexity index is 1230. The Morgan fingerprint density at radius 1 is 1.31 bits per heavy atom. The summed E-state index contributed by atoms with van der Waals surface area (Å²) < 4.78 is 15.0. The van der Waals surface area contributed by atoms with E-state index in [9.17, 15) is 23.9 Å². The molecular weight excluding hydrogens is 415 g/mol. The summed E-state index contributed by atoms with van der Waals surface area (Å²) in [6.45, 7) is 3.14. The first-order chi connectivity index (χ1) is 15.0. The molecule has 0 unspecified atom stereocenters. The number of hydrogen-bond acceptors (Lipinski definition) is 5. The molecule has 0 atom stereocenters. The summed E-state index contributed by atoms with van der Waals surface area (Å²) in [7, 11) is 1.57. The Balaban J connectivity index is 1.87. The second-order valence-electron chi connectivity index (χ2n) is 7.83. The number of nitrogens with one attached hydrogen (secondary N) is 2. The van der Waals surface area contributed by atoms with E-state index in [0.29, 0.717) is 5.69 Å². The van der Waals surface area contributed by atoms with Crippen LogP contribution in [0.4, 0.5) is 10.1 Å². The minimum absolute atomic E-state index is 0.0685. The van der Waals surface area contributed by atoms with E-state index in [1.165, 1.54) is 23.6 Å². The van der Waals surface area contributed by atoms with Gasteiger partial charge in [0.2, 0.25) is 0 Å². The summed E-state index contributed by atoms with van der Waals surface area (Å²) >= 11 is 0. The maximum Gasteiger partial charge on any atom is 0.293 e. The molecule has 2 aromatic rings. The van der Waals surface area contributed by atoms with Crippen molar-refractivity contribution in [1.29, 1.82) is 5.26 Å². The molecule has 0 saturated heterocycles. The SMILES string of the molecule is C#CC1(NC(=O)C(=O)c2c(C)c(C(=O)Nc3ccc(F)c(C#N)c3)n(C)c2C)CC(O)C1. The summed E-state index contributed by atoms with van der Waals surface area (Å²) in [6.07, 6.45) is 5.14. The smallest absolute Gasteiger partial charge is 0.293 e. The van der Waals surface area contributed by atoms with Gasteiger partial charge in [0, 0.05) is 31.3 Å². The molecule has 0 aliphatic heterocycles. The van der Waals surface area contributed by atoms with Crippen LogP contribution in [0.15, 0.2) is 18.2 Å². The summed E-state index contributed by atoms with van der Waals surface area (Å²) in [5, 5.41) is 23.6. The van der Waals surface area contributed by atoms with E-state index in [-0.39, 0.29) is 40.9 Å². The van der Waals surface area contributed by atoms with Crippen LogP contribution in [0, 0.1) is 43.3 Å². The lowest BCUT2D eigenvalue weighted by molar-refractivity contribution is -0.120. The van der Waals surface area contributed by atoms with Gasteiger partial charge >= 0.3 is 0 Å². The third kappa shape index (κ3) is 3.86. The molecule has 1 heterocycles. The Morgan fingerprint density at radius 3 is 2.53 bits per heavy atom. The van der Waals surface area contributed by atoms with Crippen molar-refractivity contribution in [3.05, 3.63) is 52.1 Å². The summed E-state index contributed by atoms with van der Waals surface area (Å²) in [4.78, 5) is 38.4. The molecule has 3 N–H and O–H groups in total. The van der Waals surface area contributed by atoms with E-state index in [0.717, 1.165) is 6.07 Å². The van der Waals surface area contributed by atoms with Gasteiger partial charge in [-0.15, -0.1) is 6.42 Å². The topological polar surface area (TPSA) is 124 Å². The van der Waals surface area contributed by atoms with Gasteiger partial charge in [-0.1, -0.05) is 5.92 Å². The number of rotatable bonds is 5. The number of carbonyl (C=O) groups excluding carboxylic acids is 3. The van der Waals surface area contributed by atoms with Crippen LogP contribution in [-0.2, 0) is 11.8 Å². The number of nitriles is 1. The van der Waals surface area contributed by atoms with Crippen molar-refractivity contribution in [1.82, 2.24) is 9.88 Å². The minimum atomic E-state index is -1.07. The van der Waals surface area contributed by atoms with Gasteiger partial charge in [0.25, 0.3) is 17.6 Å². The number of amides is 2. The summed E-state index contributed by atoms with van der Waals surface area (Å²) in [5.41, 5.74) is -0.202. The molecule has 0 radical (unpaired) electrons. The molecule has 8 nitrogen and oxygen atoms in total. The summed E-state index contributed by atoms with van der Waals surface area (Å²) in [5.74, 6) is -0.646. The number of nitrogens with zero attached hydrogens (tertiary/aromatic N) is 2. The Hall–Kier alpha value is -3.95. The first-order valence-corrected chi connectivity index (χ1v) is 9.73. The van der Waals surface area contributed by atoms with Gasteiger partial charge in [-0.2, -0.15) is 5.26 Å². The Labute approximate surface area is 184 Å². The van der Waals surface area contributed by atoms with E-state index in [1.54, 1.807) is 20.0 Å². The molecule has 1 aliphatic rings. The van der Waals surface area contributed by atoms with Gasteiger partial charge in [-0.05, 0) is 37.6 Å². The van der Waals surface area contributed by atoms with Crippen LogP contribution < -0.4 is 10.6 Å². The second kappa shape index (κ2) is 8.29. The average Bonchev–Trinajstić information content (AvgIpc) is 2.95. The maximum atomic E-state index is 13.5. The molecule has 164 valence electrons. The van der Waals surface area contributed by atoms with E-state index in [4.69, 9.17) is 11.7 Å². The number of aliphatic hydroxyl groups excluding tert-OH is 1. The zero-order chi connectivity index (χ0) is 23.8. The first kappa shape index (κ1) is 22.7. The lowest BCUT2D eigenvalue weighted by Crippen LogP contribution is -2.59. The fraction of sp³-hybridized carbons (Fsp3) is 0.304. The standard InChI is InChI=1S/C23H21FN4O4/c1-5-23(9-16(29)10-23)27-22(32)20(30)18-12(2)19(28(4)13(18)3)21(31)26-15-6-7-17(24)14(8-15)11-25/h1,6-8,16,29H,9-10H2,2-4H3,(H,26,31)(H,27,32). The molecular formula is C23H21FN4O4. The Morgan fingerprint density at radius 2 is 1.97 bits per heavy atom. The van der Waals surface area contributed by atoms with Crippen molar-refractivity contribution in [2.24, 2.45) is 7.05 Å². The van der Waals surface area contributed by atoms with Crippen LogP contribution in [0.25, 0.3) is 0 Å². The number of Topliss-reactive ketones (excluding diaryl/α,β-unsaturated/α-hetero) is 1. The Kier molecular flexibility index (Phi) is 5.89. The van der Waals surface area contributed by atoms with Crippen molar-refractivity contribution in [3.8, 4) is 18.4 Å². The third-order valence-electron chi connectivity index (χ3n) is 5.72. The molecule has 32 heavy (non-hydrogen) atoms. The second-order valence-corrected chi connectivity index (χ2v) is 7.83. The predicted molar refractivity (Wildman–Crippen MR) is 113 cm³/mol. The van der Waals surface area contributed by atoms with E-state index >= 15 is 0 Å². The third-order valence-corrected chi connectivity index (χ3v) is 5.72. The molecule has 1 aliphatic carbocycles. The number of aromatic nitrogens is 1. The van der Waals surface area contributed by atoms with Crippen LogP contribution in [0.2, 0.25) is 0 Å². The van der Waals surface area contributed by atoms with Gasteiger partial charge in [-0.3, -0.25) is 14.4 Å². The van der Waals surface area contributed by atoms with Gasteiger partial charge in [0.1, 0.15) is 23.1 Å². The molecule has 1 saturated carbocycles. The van der Waals surface area contributed by atoms with Crippen LogP contribution in [0.3, 0.4) is 0 Å². The number of halogens is 1. The van der Waals surface area contributed by atoms with Crippen molar-refractivity contribution < 1.29 is 23.9 Å². The molecule has 0 spiro atoms. The fourth-order valence-electron chi connectivity index (χ4n) is 3.90. The number of hydrogen-bond donors (Lipinski definition) is 3. The lowest BCUT2D eigenvalue weighted by Gasteiger charge is -2.41. The molecule has 2 amide bonds. The van der Waals surface area contributed by atoms with Crippen LogP contribution in [0.5, 0.6) is 0 Å². The molecule has 1 fully saturated rings. The van der Waals surface area contributed by atoms with E-state index < -0.39 is 35.1 Å². The highest BCUT2D eigenvalue weighted by atomic mass is 19.1. The highest BCUT2D eigenvalue weighted by Crippen LogP contribution is 2.32. The largest absolute Gasteiger partial charge is 0.393 e. The van der Waals surface area contributed by atoms with E-state index in [2.05, 4.69) is 16.6 Å². The van der Waals surface area contributed by atoms with Gasteiger partial charge in [0.05, 0.1) is 17.2 Å². The zero-order valence-electron chi connectivity index (χ0n) is 17.7. The van der Waals surface area contributed by atoms with Crippen LogP contribution >= 0.6 is 0 Å². The predicted octanol–water partition coefficient (Wildman–Crippen LogP) is 1.73. The van der Waals surface area contributed by atoms with Gasteiger partial charge in [-0.25, -0.2) is 4.39 Å². The van der Waals surface area contributed by atoms with Gasteiger partial charge < -0.3 is 20.3 Å². The summed E-state index contributed by atoms with van der Waals surface area (Å²) in [6, 6.07) is 5.27. The number of anilines is 1. The zero-order valence-corrected chi connectivity index (χ0v) is 17.7. The highest BCUT2D eigenvalue weighted by Gasteiger charge is 2.44. The van der Waals surface area contributed by atoms with Crippen molar-refractivity contribution in [2.45, 2.75) is 38.3 Å². The highest BCUT2D eigenvalue weighted by molar-refractivity contribution is 6.44. The lowest BCUT2D eigenvalue weighted by atomic mass is 9.75. The molecule has 3 rings (SSSR count).